The van der Waals surface area contributed by atoms with E-state index in [0.717, 1.165) is 11.1 Å². The maximum atomic E-state index is 13.3. The monoisotopic (exact) mass is 338 g/mol. The number of aromatic nitrogens is 1. The molecule has 0 radical (unpaired) electrons. The Kier molecular flexibility index (Phi) is 4.76. The van der Waals surface area contributed by atoms with Crippen LogP contribution in [0.3, 0.4) is 0 Å². The molecule has 25 heavy (non-hydrogen) atoms. The summed E-state index contributed by atoms with van der Waals surface area (Å²) < 4.78 is 13.3. The molecule has 4 nitrogen and oxygen atoms in total. The molecule has 3 aromatic rings. The molecule has 128 valence electrons. The van der Waals surface area contributed by atoms with E-state index in [1.54, 1.807) is 19.1 Å². The normalized spacial score (nSPS) is 12.2. The van der Waals surface area contributed by atoms with Crippen molar-refractivity contribution in [3.63, 3.8) is 0 Å². The van der Waals surface area contributed by atoms with E-state index in [1.165, 1.54) is 12.1 Å². The Hall–Kier alpha value is -2.79. The summed E-state index contributed by atoms with van der Waals surface area (Å²) in [7, 11) is 0. The maximum absolute atomic E-state index is 13.3. The third-order valence-corrected chi connectivity index (χ3v) is 4.22. The van der Waals surface area contributed by atoms with E-state index in [9.17, 15) is 14.3 Å². The molecule has 0 fully saturated rings. The van der Waals surface area contributed by atoms with E-state index >= 15 is 0 Å². The van der Waals surface area contributed by atoms with Crippen LogP contribution in [0.2, 0.25) is 0 Å². The van der Waals surface area contributed by atoms with Gasteiger partial charge in [0.15, 0.2) is 0 Å². The summed E-state index contributed by atoms with van der Waals surface area (Å²) >= 11 is 0. The van der Waals surface area contributed by atoms with E-state index in [4.69, 9.17) is 0 Å². The highest BCUT2D eigenvalue weighted by Crippen LogP contribution is 2.19. The van der Waals surface area contributed by atoms with Crippen LogP contribution in [0.5, 0.6) is 0 Å². The van der Waals surface area contributed by atoms with Crippen molar-refractivity contribution in [1.82, 2.24) is 10.3 Å². The van der Waals surface area contributed by atoms with Gasteiger partial charge in [-0.2, -0.15) is 0 Å². The number of aryl methyl sites for hydroxylation is 2. The number of nitrogens with one attached hydrogen (secondary N) is 1. The van der Waals surface area contributed by atoms with Gasteiger partial charge in [0.2, 0.25) is 0 Å². The summed E-state index contributed by atoms with van der Waals surface area (Å²) in [6, 6.07) is 13.5. The molecule has 1 aromatic heterocycles. The number of pyridine rings is 1. The number of fused-ring (bicyclic) bond motifs is 1. The SMILES string of the molecule is Cc1ccccc1C(O)CNC(=O)c1cc2ccc(F)cc2nc1C. The van der Waals surface area contributed by atoms with Crippen LogP contribution in [-0.4, -0.2) is 22.5 Å². The van der Waals surface area contributed by atoms with Gasteiger partial charge in [-0.3, -0.25) is 9.78 Å². The van der Waals surface area contributed by atoms with Crippen molar-refractivity contribution < 1.29 is 14.3 Å². The highest BCUT2D eigenvalue weighted by atomic mass is 19.1. The van der Waals surface area contributed by atoms with Gasteiger partial charge >= 0.3 is 0 Å². The van der Waals surface area contributed by atoms with E-state index in [0.29, 0.717) is 22.2 Å². The molecule has 0 saturated carbocycles. The first kappa shape index (κ1) is 17.0. The van der Waals surface area contributed by atoms with Gasteiger partial charge in [0.1, 0.15) is 5.82 Å². The Morgan fingerprint density at radius 3 is 2.72 bits per heavy atom. The Labute approximate surface area is 145 Å². The van der Waals surface area contributed by atoms with Crippen molar-refractivity contribution in [3.05, 3.63) is 76.7 Å². The summed E-state index contributed by atoms with van der Waals surface area (Å²) in [5.74, 6) is -0.679. The number of aliphatic hydroxyl groups excluding tert-OH is 1. The molecule has 0 aliphatic rings. The number of carbonyl (C=O) groups is 1. The summed E-state index contributed by atoms with van der Waals surface area (Å²) in [6.07, 6.45) is -0.784. The molecule has 1 amide bonds. The molecule has 0 saturated heterocycles. The smallest absolute Gasteiger partial charge is 0.253 e. The van der Waals surface area contributed by atoms with Crippen LogP contribution >= 0.6 is 0 Å². The zero-order chi connectivity index (χ0) is 18.0. The van der Waals surface area contributed by atoms with Gasteiger partial charge in [-0.25, -0.2) is 4.39 Å². The minimum absolute atomic E-state index is 0.102. The van der Waals surface area contributed by atoms with Gasteiger partial charge in [0.25, 0.3) is 5.91 Å². The van der Waals surface area contributed by atoms with Crippen LogP contribution in [0.4, 0.5) is 4.39 Å². The van der Waals surface area contributed by atoms with Gasteiger partial charge in [0, 0.05) is 18.0 Å². The van der Waals surface area contributed by atoms with Crippen molar-refractivity contribution in [1.29, 1.82) is 0 Å². The highest BCUT2D eigenvalue weighted by Gasteiger charge is 2.15. The Balaban J connectivity index is 1.77. The lowest BCUT2D eigenvalue weighted by Crippen LogP contribution is -2.29. The number of halogens is 1. The molecule has 5 heteroatoms. The van der Waals surface area contributed by atoms with Gasteiger partial charge in [-0.1, -0.05) is 24.3 Å². The average Bonchev–Trinajstić information content (AvgIpc) is 2.59. The number of carbonyl (C=O) groups excluding carboxylic acids is 1. The maximum Gasteiger partial charge on any atom is 0.253 e. The van der Waals surface area contributed by atoms with E-state index < -0.39 is 6.10 Å². The molecule has 1 unspecified atom stereocenters. The predicted octanol–water partition coefficient (Wildman–Crippen LogP) is 3.45. The number of benzene rings is 2. The number of amides is 1. The van der Waals surface area contributed by atoms with Gasteiger partial charge in [-0.15, -0.1) is 0 Å². The summed E-state index contributed by atoms with van der Waals surface area (Å²) in [6.45, 7) is 3.72. The molecule has 0 aliphatic heterocycles. The fraction of sp³-hybridized carbons (Fsp3) is 0.200. The van der Waals surface area contributed by atoms with Crippen molar-refractivity contribution in [2.75, 3.05) is 6.54 Å². The number of rotatable bonds is 4. The number of hydrogen-bond donors (Lipinski definition) is 2. The largest absolute Gasteiger partial charge is 0.387 e. The summed E-state index contributed by atoms with van der Waals surface area (Å²) in [5.41, 5.74) is 3.19. The minimum atomic E-state index is -0.784. The third kappa shape index (κ3) is 3.67. The van der Waals surface area contributed by atoms with Gasteiger partial charge in [-0.05, 0) is 43.2 Å². The Morgan fingerprint density at radius 1 is 1.20 bits per heavy atom. The zero-order valence-corrected chi connectivity index (χ0v) is 14.1. The number of hydrogen-bond acceptors (Lipinski definition) is 3. The van der Waals surface area contributed by atoms with Crippen molar-refractivity contribution in [2.24, 2.45) is 0 Å². The second-order valence-electron chi connectivity index (χ2n) is 6.04. The number of nitrogens with zero attached hydrogens (tertiary/aromatic N) is 1. The molecular formula is C20H19FN2O2. The summed E-state index contributed by atoms with van der Waals surface area (Å²) in [4.78, 5) is 16.8. The number of aliphatic hydroxyl groups is 1. The molecule has 2 N–H and O–H groups in total. The van der Waals surface area contributed by atoms with Crippen molar-refractivity contribution >= 4 is 16.8 Å². The predicted molar refractivity (Wildman–Crippen MR) is 94.9 cm³/mol. The molecule has 0 bridgehead atoms. The van der Waals surface area contributed by atoms with Crippen LogP contribution in [0.1, 0.15) is 33.3 Å². The van der Waals surface area contributed by atoms with Crippen LogP contribution in [0.25, 0.3) is 10.9 Å². The molecule has 1 heterocycles. The van der Waals surface area contributed by atoms with Crippen LogP contribution in [0.15, 0.2) is 48.5 Å². The molecule has 0 spiro atoms. The van der Waals surface area contributed by atoms with E-state index in [-0.39, 0.29) is 18.3 Å². The first-order valence-electron chi connectivity index (χ1n) is 8.04. The lowest BCUT2D eigenvalue weighted by molar-refractivity contribution is 0.0915. The van der Waals surface area contributed by atoms with Gasteiger partial charge in [0.05, 0.1) is 22.9 Å². The lowest BCUT2D eigenvalue weighted by atomic mass is 10.0. The van der Waals surface area contributed by atoms with Gasteiger partial charge < -0.3 is 10.4 Å². The first-order chi connectivity index (χ1) is 12.0. The first-order valence-corrected chi connectivity index (χ1v) is 8.04. The Morgan fingerprint density at radius 2 is 1.96 bits per heavy atom. The van der Waals surface area contributed by atoms with Crippen LogP contribution in [-0.2, 0) is 0 Å². The average molecular weight is 338 g/mol. The topological polar surface area (TPSA) is 62.2 Å². The lowest BCUT2D eigenvalue weighted by Gasteiger charge is -2.15. The van der Waals surface area contributed by atoms with Crippen LogP contribution in [0, 0.1) is 19.7 Å². The molecule has 2 aromatic carbocycles. The quantitative estimate of drug-likeness (QED) is 0.766. The minimum Gasteiger partial charge on any atom is -0.387 e. The van der Waals surface area contributed by atoms with Crippen LogP contribution < -0.4 is 5.32 Å². The molecule has 1 atom stereocenters. The fourth-order valence-corrected chi connectivity index (χ4v) is 2.82. The molecule has 3 rings (SSSR count). The van der Waals surface area contributed by atoms with Crippen molar-refractivity contribution in [2.45, 2.75) is 20.0 Å². The third-order valence-electron chi connectivity index (χ3n) is 4.22. The second-order valence-corrected chi connectivity index (χ2v) is 6.04. The Bertz CT molecular complexity index is 940. The standard InChI is InChI=1S/C20H19FN2O2/c1-12-5-3-4-6-16(12)19(24)11-22-20(25)17-9-14-7-8-15(21)10-18(14)23-13(17)2/h3-10,19,24H,11H2,1-2H3,(H,22,25). The molecular weight excluding hydrogens is 319 g/mol. The van der Waals surface area contributed by atoms with E-state index in [2.05, 4.69) is 10.3 Å². The van der Waals surface area contributed by atoms with Crippen molar-refractivity contribution in [3.8, 4) is 0 Å². The summed E-state index contributed by atoms with van der Waals surface area (Å²) in [5, 5.41) is 13.7. The second kappa shape index (κ2) is 6.99. The van der Waals surface area contributed by atoms with E-state index in [1.807, 2.05) is 31.2 Å². The zero-order valence-electron chi connectivity index (χ0n) is 14.1. The molecule has 0 aliphatic carbocycles. The highest BCUT2D eigenvalue weighted by molar-refractivity contribution is 5.98. The fourth-order valence-electron chi connectivity index (χ4n) is 2.82.